The summed E-state index contributed by atoms with van der Waals surface area (Å²) in [6.45, 7) is 1.07. The number of carbonyl (C=O) groups excluding carboxylic acids is 2. The van der Waals surface area contributed by atoms with Crippen molar-refractivity contribution in [3.05, 3.63) is 35.8 Å². The average molecular weight is 359 g/mol. The predicted octanol–water partition coefficient (Wildman–Crippen LogP) is 0.606. The highest BCUT2D eigenvalue weighted by atomic mass is 16.5. The fourth-order valence-corrected chi connectivity index (χ4v) is 2.97. The summed E-state index contributed by atoms with van der Waals surface area (Å²) in [5, 5.41) is 4.12. The Morgan fingerprint density at radius 3 is 2.92 bits per heavy atom. The minimum Gasteiger partial charge on any atom is -0.488 e. The summed E-state index contributed by atoms with van der Waals surface area (Å²) in [5.41, 5.74) is 5.81. The number of hydrogen-bond donors (Lipinski definition) is 1. The highest BCUT2D eigenvalue weighted by Gasteiger charge is 2.28. The number of hydrogen-bond acceptors (Lipinski definition) is 6. The van der Waals surface area contributed by atoms with Gasteiger partial charge in [-0.1, -0.05) is 0 Å². The Bertz CT molecular complexity index is 819. The fraction of sp³-hybridized carbons (Fsp3) is 0.412. The van der Waals surface area contributed by atoms with Crippen molar-refractivity contribution in [3.63, 3.8) is 0 Å². The van der Waals surface area contributed by atoms with Crippen LogP contribution >= 0.6 is 0 Å². The second-order valence-electron chi connectivity index (χ2n) is 6.10. The monoisotopic (exact) mass is 359 g/mol. The highest BCUT2D eigenvalue weighted by Crippen LogP contribution is 2.23. The van der Waals surface area contributed by atoms with E-state index in [1.165, 1.54) is 19.4 Å². The van der Waals surface area contributed by atoms with Gasteiger partial charge in [-0.2, -0.15) is 0 Å². The zero-order chi connectivity index (χ0) is 18.7. The number of nitrogens with zero attached hydrogens (tertiary/aromatic N) is 4. The summed E-state index contributed by atoms with van der Waals surface area (Å²) in [7, 11) is 3.22. The van der Waals surface area contributed by atoms with E-state index < -0.39 is 5.91 Å². The van der Waals surface area contributed by atoms with Crippen molar-refractivity contribution in [1.82, 2.24) is 19.7 Å². The molecule has 1 fully saturated rings. The van der Waals surface area contributed by atoms with E-state index in [4.69, 9.17) is 15.2 Å². The maximum atomic E-state index is 12.8. The molecule has 2 N–H and O–H groups in total. The van der Waals surface area contributed by atoms with Gasteiger partial charge in [0.15, 0.2) is 0 Å². The van der Waals surface area contributed by atoms with Crippen LogP contribution in [-0.4, -0.2) is 57.8 Å². The van der Waals surface area contributed by atoms with Crippen molar-refractivity contribution in [2.75, 3.05) is 20.2 Å². The van der Waals surface area contributed by atoms with Gasteiger partial charge in [0.05, 0.1) is 13.7 Å². The number of primary amides is 1. The van der Waals surface area contributed by atoms with E-state index in [9.17, 15) is 9.59 Å². The van der Waals surface area contributed by atoms with Crippen LogP contribution in [0.3, 0.4) is 0 Å². The Labute approximate surface area is 150 Å². The fourth-order valence-electron chi connectivity index (χ4n) is 2.97. The van der Waals surface area contributed by atoms with Crippen molar-refractivity contribution in [3.8, 4) is 11.6 Å². The van der Waals surface area contributed by atoms with E-state index in [1.807, 2.05) is 0 Å². The summed E-state index contributed by atoms with van der Waals surface area (Å²) in [6.07, 6.45) is 4.56. The molecule has 0 spiro atoms. The number of methoxy groups -OCH3 is 1. The molecule has 26 heavy (non-hydrogen) atoms. The van der Waals surface area contributed by atoms with E-state index in [1.54, 1.807) is 28.9 Å². The van der Waals surface area contributed by atoms with Crippen LogP contribution in [-0.2, 0) is 7.05 Å². The number of aromatic nitrogens is 3. The van der Waals surface area contributed by atoms with E-state index in [0.29, 0.717) is 30.3 Å². The normalized spacial score (nSPS) is 17.0. The molecule has 1 aliphatic rings. The number of amides is 2. The third kappa shape index (κ3) is 3.76. The first-order valence-electron chi connectivity index (χ1n) is 8.27. The lowest BCUT2D eigenvalue weighted by molar-refractivity contribution is 0.0534. The maximum Gasteiger partial charge on any atom is 0.267 e. The second-order valence-corrected chi connectivity index (χ2v) is 6.10. The molecule has 1 aliphatic heterocycles. The molecule has 3 heterocycles. The minimum atomic E-state index is -0.612. The van der Waals surface area contributed by atoms with Gasteiger partial charge in [0.1, 0.15) is 23.1 Å². The zero-order valence-corrected chi connectivity index (χ0v) is 14.7. The third-order valence-electron chi connectivity index (χ3n) is 4.17. The van der Waals surface area contributed by atoms with Crippen molar-refractivity contribution < 1.29 is 19.1 Å². The molecule has 0 saturated carbocycles. The quantitative estimate of drug-likeness (QED) is 0.837. The summed E-state index contributed by atoms with van der Waals surface area (Å²) in [5.74, 6) is 0.0585. The molecular formula is C17H21N5O4. The van der Waals surface area contributed by atoms with Crippen molar-refractivity contribution in [2.24, 2.45) is 12.8 Å². The Hall–Kier alpha value is -3.10. The molecule has 1 saturated heterocycles. The lowest BCUT2D eigenvalue weighted by Gasteiger charge is -2.32. The number of nitrogens with two attached hydrogens (primary N) is 1. The van der Waals surface area contributed by atoms with Crippen LogP contribution < -0.4 is 15.2 Å². The summed E-state index contributed by atoms with van der Waals surface area (Å²) < 4.78 is 12.7. The van der Waals surface area contributed by atoms with E-state index in [-0.39, 0.29) is 17.7 Å². The molecule has 2 aromatic heterocycles. The first-order chi connectivity index (χ1) is 12.5. The Balaban J connectivity index is 1.70. The van der Waals surface area contributed by atoms with Gasteiger partial charge in [-0.15, -0.1) is 5.10 Å². The molecule has 9 nitrogen and oxygen atoms in total. The van der Waals surface area contributed by atoms with Gasteiger partial charge in [-0.25, -0.2) is 0 Å². The summed E-state index contributed by atoms with van der Waals surface area (Å²) >= 11 is 0. The largest absolute Gasteiger partial charge is 0.488 e. The predicted molar refractivity (Wildman–Crippen MR) is 92.1 cm³/mol. The van der Waals surface area contributed by atoms with Crippen molar-refractivity contribution in [1.29, 1.82) is 0 Å². The Kier molecular flexibility index (Phi) is 5.06. The molecule has 138 valence electrons. The molecule has 0 aliphatic carbocycles. The molecule has 9 heteroatoms. The molecule has 1 unspecified atom stereocenters. The Morgan fingerprint density at radius 1 is 1.38 bits per heavy atom. The SMILES string of the molecule is COc1nn(C)cc1C(=O)N1CCCC(Oc2ccnc(C(N)=O)c2)C1. The van der Waals surface area contributed by atoms with E-state index in [2.05, 4.69) is 10.1 Å². The smallest absolute Gasteiger partial charge is 0.267 e. The lowest BCUT2D eigenvalue weighted by atomic mass is 10.1. The first-order valence-corrected chi connectivity index (χ1v) is 8.27. The Morgan fingerprint density at radius 2 is 2.19 bits per heavy atom. The van der Waals surface area contributed by atoms with Crippen LogP contribution in [0.2, 0.25) is 0 Å². The number of carbonyl (C=O) groups is 2. The highest BCUT2D eigenvalue weighted by molar-refractivity contribution is 5.96. The molecule has 1 atom stereocenters. The van der Waals surface area contributed by atoms with Gasteiger partial charge in [0, 0.05) is 32.1 Å². The van der Waals surface area contributed by atoms with Gasteiger partial charge in [-0.05, 0) is 18.9 Å². The van der Waals surface area contributed by atoms with E-state index in [0.717, 1.165) is 12.8 Å². The molecule has 0 bridgehead atoms. The second kappa shape index (κ2) is 7.42. The molecular weight excluding hydrogens is 338 g/mol. The van der Waals surface area contributed by atoms with Gasteiger partial charge < -0.3 is 20.1 Å². The maximum absolute atomic E-state index is 12.8. The molecule has 0 aromatic carbocycles. The summed E-state index contributed by atoms with van der Waals surface area (Å²) in [4.78, 5) is 29.7. The van der Waals surface area contributed by atoms with E-state index >= 15 is 0 Å². The average Bonchev–Trinajstić information content (AvgIpc) is 3.02. The number of rotatable bonds is 5. The number of aryl methyl sites for hydroxylation is 1. The van der Waals surface area contributed by atoms with Crippen LogP contribution in [0.4, 0.5) is 0 Å². The van der Waals surface area contributed by atoms with Gasteiger partial charge >= 0.3 is 0 Å². The minimum absolute atomic E-state index is 0.143. The zero-order valence-electron chi connectivity index (χ0n) is 14.7. The van der Waals surface area contributed by atoms with Gasteiger partial charge in [0.25, 0.3) is 11.8 Å². The van der Waals surface area contributed by atoms with Crippen LogP contribution in [0.1, 0.15) is 33.7 Å². The standard InChI is InChI=1S/C17H21N5O4/c1-21-10-13(16(20-21)25-2)17(24)22-7-3-4-12(9-22)26-11-5-6-19-14(8-11)15(18)23/h5-6,8,10,12H,3-4,7,9H2,1-2H3,(H2,18,23). The summed E-state index contributed by atoms with van der Waals surface area (Å²) in [6, 6.07) is 3.17. The molecule has 0 radical (unpaired) electrons. The molecule has 2 aromatic rings. The van der Waals surface area contributed by atoms with Gasteiger partial charge in [-0.3, -0.25) is 19.3 Å². The number of likely N-dealkylation sites (tertiary alicyclic amines) is 1. The number of pyridine rings is 1. The number of ether oxygens (including phenoxy) is 2. The van der Waals surface area contributed by atoms with Crippen molar-refractivity contribution >= 4 is 11.8 Å². The van der Waals surface area contributed by atoms with Gasteiger partial charge in [0.2, 0.25) is 5.88 Å². The topological polar surface area (TPSA) is 113 Å². The van der Waals surface area contributed by atoms with Crippen LogP contribution in [0.15, 0.2) is 24.5 Å². The third-order valence-corrected chi connectivity index (χ3v) is 4.17. The molecule has 3 rings (SSSR count). The van der Waals surface area contributed by atoms with Crippen LogP contribution in [0.5, 0.6) is 11.6 Å². The lowest BCUT2D eigenvalue weighted by Crippen LogP contribution is -2.44. The number of piperidine rings is 1. The molecule has 2 amide bonds. The first kappa shape index (κ1) is 17.7. The van der Waals surface area contributed by atoms with Crippen LogP contribution in [0.25, 0.3) is 0 Å². The van der Waals surface area contributed by atoms with Crippen LogP contribution in [0, 0.1) is 0 Å². The van der Waals surface area contributed by atoms with Crippen molar-refractivity contribution in [2.45, 2.75) is 18.9 Å².